The maximum atomic E-state index is 12.3. The Morgan fingerprint density at radius 1 is 1.56 bits per heavy atom. The van der Waals surface area contributed by atoms with E-state index in [0.29, 0.717) is 13.0 Å². The summed E-state index contributed by atoms with van der Waals surface area (Å²) >= 11 is 0. The van der Waals surface area contributed by atoms with Gasteiger partial charge in [-0.15, -0.1) is 0 Å². The third-order valence-corrected chi connectivity index (χ3v) is 4.93. The molecule has 6 nitrogen and oxygen atoms in total. The number of sulfonamides is 1. The maximum Gasteiger partial charge on any atom is 0.244 e. The molecule has 18 heavy (non-hydrogen) atoms. The third kappa shape index (κ3) is 2.22. The summed E-state index contributed by atoms with van der Waals surface area (Å²) in [5.41, 5.74) is 0.175. The molecule has 1 unspecified atom stereocenters. The van der Waals surface area contributed by atoms with Crippen molar-refractivity contribution in [2.24, 2.45) is 0 Å². The molecule has 2 heterocycles. The molecule has 0 saturated carbocycles. The van der Waals surface area contributed by atoms with Gasteiger partial charge in [0.2, 0.25) is 10.0 Å². The van der Waals surface area contributed by atoms with Gasteiger partial charge < -0.3 is 5.11 Å². The Morgan fingerprint density at radius 3 is 2.89 bits per heavy atom. The molecular weight excluding hydrogens is 254 g/mol. The Bertz CT molecular complexity index is 562. The van der Waals surface area contributed by atoms with Gasteiger partial charge in [0, 0.05) is 18.8 Å². The summed E-state index contributed by atoms with van der Waals surface area (Å²) in [6.45, 7) is 0.233. The first-order valence-corrected chi connectivity index (χ1v) is 7.02. The van der Waals surface area contributed by atoms with Gasteiger partial charge in [-0.2, -0.15) is 9.57 Å². The van der Waals surface area contributed by atoms with Gasteiger partial charge >= 0.3 is 0 Å². The number of hydrogen-bond acceptors (Lipinski definition) is 5. The standard InChI is InChI=1S/C11H13N3O3S/c12-6-9-3-4-11(7-13-9)18(16,17)14-5-1-2-10(14)8-15/h3-4,7,10,15H,1-2,5,8H2. The minimum Gasteiger partial charge on any atom is -0.395 e. The average molecular weight is 267 g/mol. The molecule has 0 aromatic carbocycles. The van der Waals surface area contributed by atoms with Crippen LogP contribution in [-0.2, 0) is 10.0 Å². The van der Waals surface area contributed by atoms with Crippen molar-refractivity contribution in [1.29, 1.82) is 5.26 Å². The minimum atomic E-state index is -3.62. The molecule has 1 atom stereocenters. The molecule has 1 saturated heterocycles. The molecule has 2 rings (SSSR count). The molecule has 1 aromatic rings. The van der Waals surface area contributed by atoms with Crippen molar-refractivity contribution in [1.82, 2.24) is 9.29 Å². The molecule has 0 amide bonds. The van der Waals surface area contributed by atoms with Crippen molar-refractivity contribution in [3.8, 4) is 6.07 Å². The molecule has 1 aliphatic heterocycles. The van der Waals surface area contributed by atoms with Crippen LogP contribution in [0.15, 0.2) is 23.2 Å². The lowest BCUT2D eigenvalue weighted by atomic mass is 10.2. The molecule has 0 spiro atoms. The fourth-order valence-corrected chi connectivity index (χ4v) is 3.67. The minimum absolute atomic E-state index is 0.0573. The van der Waals surface area contributed by atoms with Crippen molar-refractivity contribution in [3.05, 3.63) is 24.0 Å². The first-order valence-electron chi connectivity index (χ1n) is 5.58. The van der Waals surface area contributed by atoms with Crippen molar-refractivity contribution >= 4 is 10.0 Å². The number of nitriles is 1. The highest BCUT2D eigenvalue weighted by Gasteiger charge is 2.34. The lowest BCUT2D eigenvalue weighted by Crippen LogP contribution is -2.37. The number of aromatic nitrogens is 1. The zero-order valence-corrected chi connectivity index (χ0v) is 10.5. The van der Waals surface area contributed by atoms with Crippen LogP contribution in [0.4, 0.5) is 0 Å². The normalized spacial score (nSPS) is 20.8. The Morgan fingerprint density at radius 2 is 2.33 bits per heavy atom. The van der Waals surface area contributed by atoms with Crippen LogP contribution in [0.3, 0.4) is 0 Å². The van der Waals surface area contributed by atoms with Gasteiger partial charge in [0.15, 0.2) is 0 Å². The van der Waals surface area contributed by atoms with E-state index in [1.807, 2.05) is 6.07 Å². The van der Waals surface area contributed by atoms with E-state index in [1.54, 1.807) is 0 Å². The second kappa shape index (κ2) is 5.02. The summed E-state index contributed by atoms with van der Waals surface area (Å²) in [6.07, 6.45) is 2.59. The zero-order chi connectivity index (χ0) is 13.2. The SMILES string of the molecule is N#Cc1ccc(S(=O)(=O)N2CCCC2CO)cn1. The second-order valence-electron chi connectivity index (χ2n) is 4.09. The Labute approximate surface area is 106 Å². The van der Waals surface area contributed by atoms with Crippen molar-refractivity contribution in [3.63, 3.8) is 0 Å². The van der Waals surface area contributed by atoms with E-state index in [9.17, 15) is 8.42 Å². The third-order valence-electron chi connectivity index (χ3n) is 2.99. The van der Waals surface area contributed by atoms with Crippen molar-refractivity contribution < 1.29 is 13.5 Å². The largest absolute Gasteiger partial charge is 0.395 e. The molecule has 0 bridgehead atoms. The summed E-state index contributed by atoms with van der Waals surface area (Å²) in [7, 11) is -3.62. The van der Waals surface area contributed by atoms with E-state index in [-0.39, 0.29) is 23.2 Å². The molecule has 1 N–H and O–H groups in total. The summed E-state index contributed by atoms with van der Waals surface area (Å²) in [5, 5.41) is 17.8. The highest BCUT2D eigenvalue weighted by atomic mass is 32.2. The molecule has 96 valence electrons. The van der Waals surface area contributed by atoms with Crippen LogP contribution in [0, 0.1) is 11.3 Å². The van der Waals surface area contributed by atoms with Crippen LogP contribution in [0.2, 0.25) is 0 Å². The highest BCUT2D eigenvalue weighted by Crippen LogP contribution is 2.25. The first-order chi connectivity index (χ1) is 8.59. The van der Waals surface area contributed by atoms with Gasteiger partial charge in [-0.25, -0.2) is 13.4 Å². The Balaban J connectivity index is 2.33. The molecule has 0 radical (unpaired) electrons. The van der Waals surface area contributed by atoms with E-state index in [1.165, 1.54) is 22.6 Å². The second-order valence-corrected chi connectivity index (χ2v) is 5.98. The van der Waals surface area contributed by atoms with Crippen LogP contribution < -0.4 is 0 Å². The number of aliphatic hydroxyl groups is 1. The lowest BCUT2D eigenvalue weighted by Gasteiger charge is -2.22. The predicted molar refractivity (Wildman–Crippen MR) is 63.0 cm³/mol. The molecule has 7 heteroatoms. The summed E-state index contributed by atoms with van der Waals surface area (Å²) in [4.78, 5) is 3.81. The monoisotopic (exact) mass is 267 g/mol. The number of pyridine rings is 1. The number of hydrogen-bond donors (Lipinski definition) is 1. The Hall–Kier alpha value is -1.49. The summed E-state index contributed by atoms with van der Waals surface area (Å²) in [5.74, 6) is 0. The van der Waals surface area contributed by atoms with Crippen LogP contribution in [-0.4, -0.2) is 42.0 Å². The van der Waals surface area contributed by atoms with E-state index in [2.05, 4.69) is 4.98 Å². The van der Waals surface area contributed by atoms with E-state index in [4.69, 9.17) is 10.4 Å². The molecule has 1 fully saturated rings. The highest BCUT2D eigenvalue weighted by molar-refractivity contribution is 7.89. The number of aliphatic hydroxyl groups excluding tert-OH is 1. The first kappa shape index (κ1) is 13.0. The smallest absolute Gasteiger partial charge is 0.244 e. The maximum absolute atomic E-state index is 12.3. The van der Waals surface area contributed by atoms with Crippen LogP contribution >= 0.6 is 0 Å². The van der Waals surface area contributed by atoms with Crippen LogP contribution in [0.5, 0.6) is 0 Å². The Kier molecular flexibility index (Phi) is 3.61. The lowest BCUT2D eigenvalue weighted by molar-refractivity contribution is 0.213. The number of rotatable bonds is 3. The fraction of sp³-hybridized carbons (Fsp3) is 0.455. The van der Waals surface area contributed by atoms with E-state index >= 15 is 0 Å². The molecular formula is C11H13N3O3S. The topological polar surface area (TPSA) is 94.3 Å². The fourth-order valence-electron chi connectivity index (χ4n) is 2.04. The van der Waals surface area contributed by atoms with Crippen molar-refractivity contribution in [2.75, 3.05) is 13.2 Å². The van der Waals surface area contributed by atoms with Gasteiger partial charge in [-0.1, -0.05) is 0 Å². The van der Waals surface area contributed by atoms with Gasteiger partial charge in [0.25, 0.3) is 0 Å². The zero-order valence-electron chi connectivity index (χ0n) is 9.65. The van der Waals surface area contributed by atoms with Crippen LogP contribution in [0.1, 0.15) is 18.5 Å². The quantitative estimate of drug-likeness (QED) is 0.838. The van der Waals surface area contributed by atoms with Gasteiger partial charge in [-0.05, 0) is 25.0 Å². The van der Waals surface area contributed by atoms with Gasteiger partial charge in [0.05, 0.1) is 6.61 Å². The van der Waals surface area contributed by atoms with Gasteiger partial charge in [0.1, 0.15) is 16.7 Å². The molecule has 0 aliphatic carbocycles. The van der Waals surface area contributed by atoms with Crippen molar-refractivity contribution in [2.45, 2.75) is 23.8 Å². The number of nitrogens with zero attached hydrogens (tertiary/aromatic N) is 3. The van der Waals surface area contributed by atoms with Crippen LogP contribution in [0.25, 0.3) is 0 Å². The summed E-state index contributed by atoms with van der Waals surface area (Å²) in [6, 6.07) is 4.22. The van der Waals surface area contributed by atoms with Gasteiger partial charge in [-0.3, -0.25) is 0 Å². The van der Waals surface area contributed by atoms with E-state index in [0.717, 1.165) is 6.42 Å². The molecule has 1 aromatic heterocycles. The molecule has 1 aliphatic rings. The van der Waals surface area contributed by atoms with E-state index < -0.39 is 10.0 Å². The summed E-state index contributed by atoms with van der Waals surface area (Å²) < 4.78 is 25.9. The average Bonchev–Trinajstić information content (AvgIpc) is 2.88. The predicted octanol–water partition coefficient (Wildman–Crippen LogP) is 0.0987.